The molecule has 82 valence electrons. The van der Waals surface area contributed by atoms with Gasteiger partial charge < -0.3 is 5.41 Å². The largest absolute Gasteiger partial charge is 0.313 e. The Hall–Kier alpha value is -1.70. The molecule has 0 atom stereocenters. The summed E-state index contributed by atoms with van der Waals surface area (Å²) < 4.78 is 0. The maximum absolute atomic E-state index is 11.9. The van der Waals surface area contributed by atoms with Gasteiger partial charge in [0, 0.05) is 5.56 Å². The summed E-state index contributed by atoms with van der Waals surface area (Å²) in [6.07, 6.45) is 6.61. The van der Waals surface area contributed by atoms with E-state index in [2.05, 4.69) is 0 Å². The Morgan fingerprint density at radius 3 is 2.88 bits per heavy atom. The van der Waals surface area contributed by atoms with Crippen LogP contribution in [0.4, 0.5) is 0 Å². The molecule has 0 aromatic heterocycles. The number of ketones is 1. The SMILES string of the molecule is N=CCCC1=CC(=O)c2ccccc2CC1. The van der Waals surface area contributed by atoms with Crippen LogP contribution >= 0.6 is 0 Å². The zero-order valence-electron chi connectivity index (χ0n) is 9.20. The normalized spacial score (nSPS) is 15.0. The molecule has 0 aliphatic heterocycles. The van der Waals surface area contributed by atoms with E-state index in [1.165, 1.54) is 11.8 Å². The number of carbonyl (C=O) groups is 1. The monoisotopic (exact) mass is 213 g/mol. The van der Waals surface area contributed by atoms with E-state index >= 15 is 0 Å². The summed E-state index contributed by atoms with van der Waals surface area (Å²) in [6.45, 7) is 0. The molecule has 0 radical (unpaired) electrons. The van der Waals surface area contributed by atoms with Crippen LogP contribution in [-0.2, 0) is 6.42 Å². The van der Waals surface area contributed by atoms with Crippen LogP contribution < -0.4 is 0 Å². The highest BCUT2D eigenvalue weighted by molar-refractivity contribution is 6.06. The second-order valence-electron chi connectivity index (χ2n) is 4.07. The fraction of sp³-hybridized carbons (Fsp3) is 0.286. The molecule has 0 amide bonds. The summed E-state index contributed by atoms with van der Waals surface area (Å²) in [6, 6.07) is 7.82. The van der Waals surface area contributed by atoms with Crippen molar-refractivity contribution in [3.05, 3.63) is 47.0 Å². The Morgan fingerprint density at radius 2 is 2.06 bits per heavy atom. The number of nitrogens with one attached hydrogen (secondary N) is 1. The van der Waals surface area contributed by atoms with Gasteiger partial charge in [0.05, 0.1) is 0 Å². The number of benzene rings is 1. The second kappa shape index (κ2) is 4.88. The molecule has 1 aliphatic rings. The highest BCUT2D eigenvalue weighted by atomic mass is 16.1. The first-order valence-corrected chi connectivity index (χ1v) is 5.62. The predicted octanol–water partition coefficient (Wildman–Crippen LogP) is 3.17. The molecular formula is C14H15NO. The van der Waals surface area contributed by atoms with Crippen LogP contribution in [0.5, 0.6) is 0 Å². The molecule has 2 heteroatoms. The van der Waals surface area contributed by atoms with Crippen molar-refractivity contribution in [2.75, 3.05) is 0 Å². The van der Waals surface area contributed by atoms with Gasteiger partial charge in [-0.2, -0.15) is 0 Å². The van der Waals surface area contributed by atoms with Crippen LogP contribution in [-0.4, -0.2) is 12.0 Å². The quantitative estimate of drug-likeness (QED) is 0.770. The molecule has 0 spiro atoms. The molecule has 16 heavy (non-hydrogen) atoms. The molecule has 0 fully saturated rings. The number of allylic oxidation sites excluding steroid dienone is 2. The number of hydrogen-bond acceptors (Lipinski definition) is 2. The van der Waals surface area contributed by atoms with E-state index in [1.54, 1.807) is 6.08 Å². The summed E-state index contributed by atoms with van der Waals surface area (Å²) in [5.41, 5.74) is 3.16. The lowest BCUT2D eigenvalue weighted by atomic mass is 10.0. The van der Waals surface area contributed by atoms with Crippen LogP contribution in [0.15, 0.2) is 35.9 Å². The maximum atomic E-state index is 11.9. The average molecular weight is 213 g/mol. The number of aryl methyl sites for hydroxylation is 1. The van der Waals surface area contributed by atoms with Gasteiger partial charge in [-0.15, -0.1) is 0 Å². The summed E-state index contributed by atoms with van der Waals surface area (Å²) in [7, 11) is 0. The van der Waals surface area contributed by atoms with Crippen molar-refractivity contribution in [2.24, 2.45) is 0 Å². The minimum absolute atomic E-state index is 0.119. The van der Waals surface area contributed by atoms with Crippen molar-refractivity contribution in [1.29, 1.82) is 5.41 Å². The number of hydrogen-bond donors (Lipinski definition) is 1. The molecule has 1 aliphatic carbocycles. The molecule has 2 nitrogen and oxygen atoms in total. The molecule has 2 rings (SSSR count). The average Bonchev–Trinajstić information content (AvgIpc) is 2.47. The summed E-state index contributed by atoms with van der Waals surface area (Å²) in [4.78, 5) is 11.9. The third kappa shape index (κ3) is 2.27. The Labute approximate surface area is 95.5 Å². The molecule has 1 N–H and O–H groups in total. The van der Waals surface area contributed by atoms with Crippen molar-refractivity contribution >= 4 is 12.0 Å². The van der Waals surface area contributed by atoms with E-state index in [0.29, 0.717) is 0 Å². The molecule has 0 bridgehead atoms. The highest BCUT2D eigenvalue weighted by Crippen LogP contribution is 2.22. The smallest absolute Gasteiger partial charge is 0.186 e. The first-order valence-electron chi connectivity index (χ1n) is 5.62. The van der Waals surface area contributed by atoms with E-state index < -0.39 is 0 Å². The van der Waals surface area contributed by atoms with Gasteiger partial charge in [-0.25, -0.2) is 0 Å². The van der Waals surface area contributed by atoms with Crippen molar-refractivity contribution < 1.29 is 4.79 Å². The molecule has 0 heterocycles. The zero-order chi connectivity index (χ0) is 11.4. The van der Waals surface area contributed by atoms with E-state index in [1.807, 2.05) is 24.3 Å². The molecule has 1 aromatic carbocycles. The Balaban J connectivity index is 2.23. The van der Waals surface area contributed by atoms with Crippen molar-refractivity contribution in [3.8, 4) is 0 Å². The van der Waals surface area contributed by atoms with Crippen molar-refractivity contribution in [1.82, 2.24) is 0 Å². The third-order valence-electron chi connectivity index (χ3n) is 2.94. The van der Waals surface area contributed by atoms with E-state index in [9.17, 15) is 4.79 Å². The standard InChI is InChI=1S/C14H15NO/c15-9-3-4-11-7-8-12-5-1-2-6-13(12)14(16)10-11/h1-2,5-6,9-10,15H,3-4,7-8H2. The Bertz CT molecular complexity index is 446. The molecular weight excluding hydrogens is 198 g/mol. The van der Waals surface area contributed by atoms with Gasteiger partial charge in [0.1, 0.15) is 0 Å². The van der Waals surface area contributed by atoms with Gasteiger partial charge in [-0.1, -0.05) is 29.8 Å². The molecule has 0 saturated heterocycles. The lowest BCUT2D eigenvalue weighted by molar-refractivity contribution is 0.104. The summed E-state index contributed by atoms with van der Waals surface area (Å²) >= 11 is 0. The molecule has 0 saturated carbocycles. The van der Waals surface area contributed by atoms with Gasteiger partial charge in [-0.05, 0) is 43.5 Å². The van der Waals surface area contributed by atoms with Gasteiger partial charge in [0.2, 0.25) is 0 Å². The van der Waals surface area contributed by atoms with E-state index in [-0.39, 0.29) is 5.78 Å². The zero-order valence-corrected chi connectivity index (χ0v) is 9.20. The highest BCUT2D eigenvalue weighted by Gasteiger charge is 2.14. The van der Waals surface area contributed by atoms with Crippen LogP contribution in [0, 0.1) is 5.41 Å². The minimum Gasteiger partial charge on any atom is -0.313 e. The fourth-order valence-corrected chi connectivity index (χ4v) is 2.06. The van der Waals surface area contributed by atoms with Crippen LogP contribution in [0.25, 0.3) is 0 Å². The van der Waals surface area contributed by atoms with Gasteiger partial charge in [-0.3, -0.25) is 4.79 Å². The van der Waals surface area contributed by atoms with Crippen LogP contribution in [0.3, 0.4) is 0 Å². The summed E-state index contributed by atoms with van der Waals surface area (Å²) in [5.74, 6) is 0.119. The first kappa shape index (κ1) is 10.8. The third-order valence-corrected chi connectivity index (χ3v) is 2.94. The Morgan fingerprint density at radius 1 is 1.25 bits per heavy atom. The second-order valence-corrected chi connectivity index (χ2v) is 4.07. The maximum Gasteiger partial charge on any atom is 0.186 e. The van der Waals surface area contributed by atoms with Crippen molar-refractivity contribution in [3.63, 3.8) is 0 Å². The number of fused-ring (bicyclic) bond motifs is 1. The number of rotatable bonds is 3. The van der Waals surface area contributed by atoms with Crippen molar-refractivity contribution in [2.45, 2.75) is 25.7 Å². The predicted molar refractivity (Wildman–Crippen MR) is 65.2 cm³/mol. The van der Waals surface area contributed by atoms with Crippen LogP contribution in [0.2, 0.25) is 0 Å². The molecule has 1 aromatic rings. The van der Waals surface area contributed by atoms with Gasteiger partial charge in [0.25, 0.3) is 0 Å². The van der Waals surface area contributed by atoms with Gasteiger partial charge >= 0.3 is 0 Å². The van der Waals surface area contributed by atoms with Crippen LogP contribution in [0.1, 0.15) is 35.2 Å². The Kier molecular flexibility index (Phi) is 3.30. The van der Waals surface area contributed by atoms with Gasteiger partial charge in [0.15, 0.2) is 5.78 Å². The number of carbonyl (C=O) groups excluding carboxylic acids is 1. The fourth-order valence-electron chi connectivity index (χ4n) is 2.06. The lowest BCUT2D eigenvalue weighted by Crippen LogP contribution is -1.97. The molecule has 0 unspecified atom stereocenters. The topological polar surface area (TPSA) is 40.9 Å². The minimum atomic E-state index is 0.119. The van der Waals surface area contributed by atoms with E-state index in [0.717, 1.165) is 36.8 Å². The van der Waals surface area contributed by atoms with E-state index in [4.69, 9.17) is 5.41 Å². The lowest BCUT2D eigenvalue weighted by Gasteiger charge is -2.03. The summed E-state index contributed by atoms with van der Waals surface area (Å²) in [5, 5.41) is 7.02. The first-order chi connectivity index (χ1) is 7.81.